The molecule has 1 saturated carbocycles. The first-order valence-electron chi connectivity index (χ1n) is 8.90. The highest BCUT2D eigenvalue weighted by Crippen LogP contribution is 2.28. The Kier molecular flexibility index (Phi) is 5.25. The van der Waals surface area contributed by atoms with E-state index in [9.17, 15) is 13.2 Å². The number of amides is 1. The van der Waals surface area contributed by atoms with Crippen molar-refractivity contribution >= 4 is 21.6 Å². The van der Waals surface area contributed by atoms with Crippen LogP contribution in [0.25, 0.3) is 0 Å². The summed E-state index contributed by atoms with van der Waals surface area (Å²) in [6, 6.07) is 5.19. The maximum Gasteiger partial charge on any atom is 0.243 e. The molecule has 1 aromatic rings. The second-order valence-electron chi connectivity index (χ2n) is 6.92. The third kappa shape index (κ3) is 3.64. The summed E-state index contributed by atoms with van der Waals surface area (Å²) in [4.78, 5) is 12.6. The molecule has 2 fully saturated rings. The maximum atomic E-state index is 12.9. The Labute approximate surface area is 144 Å². The topological polar surface area (TPSA) is 66.5 Å². The zero-order chi connectivity index (χ0) is 17.2. The minimum absolute atomic E-state index is 0.0117. The van der Waals surface area contributed by atoms with Crippen LogP contribution in [-0.2, 0) is 14.8 Å². The van der Waals surface area contributed by atoms with Gasteiger partial charge in [0.2, 0.25) is 15.9 Å². The van der Waals surface area contributed by atoms with Crippen LogP contribution >= 0.6 is 0 Å². The Morgan fingerprint density at radius 2 is 1.75 bits per heavy atom. The molecule has 0 radical (unpaired) electrons. The van der Waals surface area contributed by atoms with E-state index in [0.29, 0.717) is 23.7 Å². The summed E-state index contributed by atoms with van der Waals surface area (Å²) in [6.45, 7) is 2.97. The van der Waals surface area contributed by atoms with Gasteiger partial charge in [-0.15, -0.1) is 0 Å². The summed E-state index contributed by atoms with van der Waals surface area (Å²) >= 11 is 0. The van der Waals surface area contributed by atoms with Crippen molar-refractivity contribution in [1.29, 1.82) is 0 Å². The van der Waals surface area contributed by atoms with Crippen LogP contribution in [0.2, 0.25) is 0 Å². The number of hydrogen-bond acceptors (Lipinski definition) is 3. The lowest BCUT2D eigenvalue weighted by molar-refractivity contribution is -0.119. The summed E-state index contributed by atoms with van der Waals surface area (Å²) < 4.78 is 27.4. The van der Waals surface area contributed by atoms with Crippen molar-refractivity contribution < 1.29 is 13.2 Å². The Balaban J connectivity index is 1.81. The lowest BCUT2D eigenvalue weighted by Gasteiger charge is -2.26. The second kappa shape index (κ2) is 7.23. The van der Waals surface area contributed by atoms with Crippen molar-refractivity contribution in [2.45, 2.75) is 56.8 Å². The van der Waals surface area contributed by atoms with Crippen LogP contribution in [0.5, 0.6) is 0 Å². The van der Waals surface area contributed by atoms with Crippen LogP contribution in [0.15, 0.2) is 23.1 Å². The van der Waals surface area contributed by atoms with Crippen molar-refractivity contribution in [1.82, 2.24) is 4.31 Å². The van der Waals surface area contributed by atoms with Gasteiger partial charge in [0, 0.05) is 24.7 Å². The van der Waals surface area contributed by atoms with Gasteiger partial charge in [-0.1, -0.05) is 25.3 Å². The standard InChI is InChI=1S/C18H26N2O3S/c1-14-9-10-16(19-18(21)15-7-3-4-8-15)13-17(14)24(22,23)20-11-5-2-6-12-20/h9-10,13,15H,2-8,11-12H2,1H3,(H,19,21). The zero-order valence-corrected chi connectivity index (χ0v) is 15.1. The van der Waals surface area contributed by atoms with E-state index in [4.69, 9.17) is 0 Å². The van der Waals surface area contributed by atoms with E-state index in [-0.39, 0.29) is 11.8 Å². The highest BCUT2D eigenvalue weighted by atomic mass is 32.2. The second-order valence-corrected chi connectivity index (χ2v) is 8.82. The van der Waals surface area contributed by atoms with E-state index in [2.05, 4.69) is 5.32 Å². The first kappa shape index (κ1) is 17.4. The Hall–Kier alpha value is -1.40. The predicted molar refractivity (Wildman–Crippen MR) is 94.4 cm³/mol. The average Bonchev–Trinajstić information content (AvgIpc) is 3.12. The van der Waals surface area contributed by atoms with Crippen molar-refractivity contribution in [2.24, 2.45) is 5.92 Å². The van der Waals surface area contributed by atoms with Crippen molar-refractivity contribution in [3.63, 3.8) is 0 Å². The summed E-state index contributed by atoms with van der Waals surface area (Å²) in [5, 5.41) is 2.90. The fraction of sp³-hybridized carbons (Fsp3) is 0.611. The van der Waals surface area contributed by atoms with Gasteiger partial charge in [-0.05, 0) is 50.3 Å². The summed E-state index contributed by atoms with van der Waals surface area (Å²) in [7, 11) is -3.49. The predicted octanol–water partition coefficient (Wildman–Crippen LogP) is 3.30. The molecule has 1 N–H and O–H groups in total. The molecular weight excluding hydrogens is 324 g/mol. The van der Waals surface area contributed by atoms with Gasteiger partial charge in [0.05, 0.1) is 4.90 Å². The van der Waals surface area contributed by atoms with Gasteiger partial charge in [-0.2, -0.15) is 4.31 Å². The Morgan fingerprint density at radius 3 is 2.42 bits per heavy atom. The first-order valence-corrected chi connectivity index (χ1v) is 10.3. The monoisotopic (exact) mass is 350 g/mol. The fourth-order valence-electron chi connectivity index (χ4n) is 3.63. The molecule has 0 unspecified atom stereocenters. The van der Waals surface area contributed by atoms with E-state index in [1.165, 1.54) is 0 Å². The normalized spacial score (nSPS) is 20.2. The fourth-order valence-corrected chi connectivity index (χ4v) is 5.40. The van der Waals surface area contributed by atoms with Gasteiger partial charge >= 0.3 is 0 Å². The lowest BCUT2D eigenvalue weighted by Crippen LogP contribution is -2.36. The van der Waals surface area contributed by atoms with E-state index < -0.39 is 10.0 Å². The number of aryl methyl sites for hydroxylation is 1. The highest BCUT2D eigenvalue weighted by molar-refractivity contribution is 7.89. The molecule has 1 aromatic carbocycles. The molecule has 1 aliphatic carbocycles. The molecule has 1 amide bonds. The molecule has 1 saturated heterocycles. The van der Waals surface area contributed by atoms with E-state index in [1.54, 1.807) is 29.4 Å². The smallest absolute Gasteiger partial charge is 0.243 e. The third-order valence-corrected chi connectivity index (χ3v) is 7.16. The maximum absolute atomic E-state index is 12.9. The van der Waals surface area contributed by atoms with Gasteiger partial charge in [-0.25, -0.2) is 8.42 Å². The molecule has 0 spiro atoms. The number of hydrogen-bond donors (Lipinski definition) is 1. The van der Waals surface area contributed by atoms with Gasteiger partial charge in [0.25, 0.3) is 0 Å². The lowest BCUT2D eigenvalue weighted by atomic mass is 10.1. The third-order valence-electron chi connectivity index (χ3n) is 5.11. The van der Waals surface area contributed by atoms with Crippen LogP contribution in [-0.4, -0.2) is 31.7 Å². The molecule has 1 aliphatic heterocycles. The number of nitrogens with zero attached hydrogens (tertiary/aromatic N) is 1. The summed E-state index contributed by atoms with van der Waals surface area (Å²) in [5.74, 6) is 0.0751. The van der Waals surface area contributed by atoms with Gasteiger partial charge in [0.1, 0.15) is 0 Å². The van der Waals surface area contributed by atoms with Gasteiger partial charge in [0.15, 0.2) is 0 Å². The SMILES string of the molecule is Cc1ccc(NC(=O)C2CCCC2)cc1S(=O)(=O)N1CCCCC1. The molecule has 132 valence electrons. The van der Waals surface area contributed by atoms with Crippen molar-refractivity contribution in [3.8, 4) is 0 Å². The van der Waals surface area contributed by atoms with Crippen molar-refractivity contribution in [3.05, 3.63) is 23.8 Å². The van der Waals surface area contributed by atoms with E-state index >= 15 is 0 Å². The number of carbonyl (C=O) groups is 1. The minimum atomic E-state index is -3.49. The molecule has 6 heteroatoms. The Morgan fingerprint density at radius 1 is 1.08 bits per heavy atom. The number of carbonyl (C=O) groups excluding carboxylic acids is 1. The molecule has 0 atom stereocenters. The quantitative estimate of drug-likeness (QED) is 0.906. The number of benzene rings is 1. The molecule has 0 aromatic heterocycles. The molecule has 24 heavy (non-hydrogen) atoms. The number of piperidine rings is 1. The minimum Gasteiger partial charge on any atom is -0.326 e. The van der Waals surface area contributed by atoms with Crippen LogP contribution < -0.4 is 5.32 Å². The van der Waals surface area contributed by atoms with Crippen LogP contribution in [0.1, 0.15) is 50.5 Å². The number of sulfonamides is 1. The molecule has 2 aliphatic rings. The van der Waals surface area contributed by atoms with Crippen LogP contribution in [0, 0.1) is 12.8 Å². The van der Waals surface area contributed by atoms with E-state index in [0.717, 1.165) is 50.5 Å². The van der Waals surface area contributed by atoms with Crippen molar-refractivity contribution in [2.75, 3.05) is 18.4 Å². The number of rotatable bonds is 4. The average molecular weight is 350 g/mol. The molecule has 1 heterocycles. The zero-order valence-electron chi connectivity index (χ0n) is 14.3. The van der Waals surface area contributed by atoms with Gasteiger partial charge in [-0.3, -0.25) is 4.79 Å². The first-order chi connectivity index (χ1) is 11.5. The van der Waals surface area contributed by atoms with Crippen LogP contribution in [0.4, 0.5) is 5.69 Å². The largest absolute Gasteiger partial charge is 0.326 e. The molecule has 5 nitrogen and oxygen atoms in total. The highest BCUT2D eigenvalue weighted by Gasteiger charge is 2.28. The molecule has 0 bridgehead atoms. The van der Waals surface area contributed by atoms with E-state index in [1.807, 2.05) is 0 Å². The summed E-state index contributed by atoms with van der Waals surface area (Å²) in [5.41, 5.74) is 1.30. The Bertz CT molecular complexity index is 703. The van der Waals surface area contributed by atoms with Crippen LogP contribution in [0.3, 0.4) is 0 Å². The summed E-state index contributed by atoms with van der Waals surface area (Å²) in [6.07, 6.45) is 6.96. The number of anilines is 1. The number of nitrogens with one attached hydrogen (secondary N) is 1. The van der Waals surface area contributed by atoms with Gasteiger partial charge < -0.3 is 5.32 Å². The molecular formula is C18H26N2O3S. The molecule has 3 rings (SSSR count).